The van der Waals surface area contributed by atoms with Crippen LogP contribution in [0.1, 0.15) is 22.4 Å². The molecule has 0 amide bonds. The van der Waals surface area contributed by atoms with E-state index >= 15 is 0 Å². The van der Waals surface area contributed by atoms with Gasteiger partial charge < -0.3 is 14.6 Å². The van der Waals surface area contributed by atoms with Gasteiger partial charge in [0.05, 0.1) is 11.9 Å². The van der Waals surface area contributed by atoms with E-state index in [1.54, 1.807) is 22.9 Å². The molecule has 3 heterocycles. The Morgan fingerprint density at radius 3 is 2.89 bits per heavy atom. The van der Waals surface area contributed by atoms with Gasteiger partial charge in [0.15, 0.2) is 0 Å². The molecule has 1 aliphatic rings. The minimum atomic E-state index is -0.387. The third-order valence-electron chi connectivity index (χ3n) is 4.94. The molecule has 3 aromatic rings. The largest absolute Gasteiger partial charge is 0.487 e. The van der Waals surface area contributed by atoms with Gasteiger partial charge in [0, 0.05) is 25.4 Å². The molecule has 0 spiro atoms. The summed E-state index contributed by atoms with van der Waals surface area (Å²) in [5.41, 5.74) is 4.52. The number of aryl methyl sites for hydroxylation is 2. The van der Waals surface area contributed by atoms with E-state index in [2.05, 4.69) is 28.5 Å². The first kappa shape index (κ1) is 18.4. The van der Waals surface area contributed by atoms with Gasteiger partial charge in [-0.2, -0.15) is 0 Å². The summed E-state index contributed by atoms with van der Waals surface area (Å²) in [5, 5.41) is 3.38. The zero-order chi connectivity index (χ0) is 19.3. The molecule has 0 unspecified atom stereocenters. The molecule has 0 saturated carbocycles. The summed E-state index contributed by atoms with van der Waals surface area (Å²) in [6.45, 7) is 2.76. The van der Waals surface area contributed by atoms with Gasteiger partial charge in [-0.25, -0.2) is 4.39 Å². The molecule has 6 heteroatoms. The first-order chi connectivity index (χ1) is 13.7. The Labute approximate surface area is 162 Å². The number of ether oxygens (including phenoxy) is 1. The minimum Gasteiger partial charge on any atom is -0.487 e. The highest BCUT2D eigenvalue weighted by Crippen LogP contribution is 2.17. The molecule has 0 saturated heterocycles. The lowest BCUT2D eigenvalue weighted by Gasteiger charge is -2.18. The lowest BCUT2D eigenvalue weighted by atomic mass is 9.97. The van der Waals surface area contributed by atoms with Crippen molar-refractivity contribution in [1.29, 1.82) is 0 Å². The summed E-state index contributed by atoms with van der Waals surface area (Å²) in [7, 11) is 0. The predicted octanol–water partition coefficient (Wildman–Crippen LogP) is 2.85. The van der Waals surface area contributed by atoms with Crippen LogP contribution in [0.2, 0.25) is 0 Å². The maximum Gasteiger partial charge on any atom is 0.254 e. The van der Waals surface area contributed by atoms with Crippen LogP contribution in [0.5, 0.6) is 5.75 Å². The average Bonchev–Trinajstić information content (AvgIpc) is 2.72. The Hall–Kier alpha value is -2.99. The van der Waals surface area contributed by atoms with Crippen molar-refractivity contribution < 1.29 is 9.13 Å². The first-order valence-electron chi connectivity index (χ1n) is 9.42. The molecule has 0 radical (unpaired) electrons. The summed E-state index contributed by atoms with van der Waals surface area (Å²) in [5.74, 6) is 0.0931. The maximum atomic E-state index is 12.9. The molecule has 5 nitrogen and oxygen atoms in total. The Morgan fingerprint density at radius 2 is 2.07 bits per heavy atom. The van der Waals surface area contributed by atoms with Gasteiger partial charge >= 0.3 is 0 Å². The quantitative estimate of drug-likeness (QED) is 0.716. The number of fused-ring (bicyclic) bond motifs is 1. The van der Waals surface area contributed by atoms with Gasteiger partial charge in [0.25, 0.3) is 5.56 Å². The molecule has 1 aliphatic heterocycles. The molecular weight excluding hydrogens is 357 g/mol. The SMILES string of the molecule is O=c1cc(OCc2ccc(F)cn2)ccn1CCc1ccc2c(c1)CCNC2. The van der Waals surface area contributed by atoms with E-state index in [-0.39, 0.29) is 18.0 Å². The molecule has 0 bridgehead atoms. The van der Waals surface area contributed by atoms with Crippen molar-refractivity contribution in [3.05, 3.63) is 93.4 Å². The van der Waals surface area contributed by atoms with Gasteiger partial charge in [0.1, 0.15) is 18.2 Å². The lowest BCUT2D eigenvalue weighted by Crippen LogP contribution is -2.23. The number of benzene rings is 1. The Balaban J connectivity index is 1.36. The number of rotatable bonds is 6. The van der Waals surface area contributed by atoms with Gasteiger partial charge in [-0.1, -0.05) is 18.2 Å². The van der Waals surface area contributed by atoms with Gasteiger partial charge in [-0.3, -0.25) is 9.78 Å². The van der Waals surface area contributed by atoms with Crippen LogP contribution in [-0.2, 0) is 32.5 Å². The molecule has 1 aromatic carbocycles. The Morgan fingerprint density at radius 1 is 1.14 bits per heavy atom. The van der Waals surface area contributed by atoms with E-state index in [4.69, 9.17) is 4.74 Å². The van der Waals surface area contributed by atoms with Crippen LogP contribution < -0.4 is 15.6 Å². The van der Waals surface area contributed by atoms with Gasteiger partial charge in [-0.15, -0.1) is 0 Å². The molecule has 0 aliphatic carbocycles. The number of hydrogen-bond donors (Lipinski definition) is 1. The standard InChI is InChI=1S/C22H22FN3O2/c23-19-3-4-20(25-14-19)15-28-21-7-10-26(22(27)12-21)9-6-16-1-2-18-13-24-8-5-17(18)11-16/h1-4,7,10-12,14,24H,5-6,8-9,13,15H2. The molecule has 4 rings (SSSR count). The van der Waals surface area contributed by atoms with E-state index in [0.29, 0.717) is 18.0 Å². The number of nitrogens with zero attached hydrogens (tertiary/aromatic N) is 2. The highest BCUT2D eigenvalue weighted by Gasteiger charge is 2.09. The van der Waals surface area contributed by atoms with Crippen LogP contribution in [0.4, 0.5) is 4.39 Å². The van der Waals surface area contributed by atoms with E-state index in [1.807, 2.05) is 0 Å². The van der Waals surface area contributed by atoms with Crippen LogP contribution >= 0.6 is 0 Å². The van der Waals surface area contributed by atoms with E-state index in [0.717, 1.165) is 32.1 Å². The number of nitrogens with one attached hydrogen (secondary N) is 1. The fourth-order valence-electron chi connectivity index (χ4n) is 3.35. The summed E-state index contributed by atoms with van der Waals surface area (Å²) in [4.78, 5) is 16.3. The van der Waals surface area contributed by atoms with Crippen LogP contribution in [0.3, 0.4) is 0 Å². The van der Waals surface area contributed by atoms with Crippen molar-refractivity contribution >= 4 is 0 Å². The van der Waals surface area contributed by atoms with E-state index in [9.17, 15) is 9.18 Å². The predicted molar refractivity (Wildman–Crippen MR) is 105 cm³/mol. The highest BCUT2D eigenvalue weighted by molar-refractivity contribution is 5.34. The monoisotopic (exact) mass is 379 g/mol. The van der Waals surface area contributed by atoms with E-state index in [1.165, 1.54) is 28.8 Å². The topological polar surface area (TPSA) is 56.1 Å². The van der Waals surface area contributed by atoms with Crippen LogP contribution in [-0.4, -0.2) is 16.1 Å². The van der Waals surface area contributed by atoms with Gasteiger partial charge in [0.2, 0.25) is 0 Å². The zero-order valence-corrected chi connectivity index (χ0v) is 15.5. The normalized spacial score (nSPS) is 13.2. The number of hydrogen-bond acceptors (Lipinski definition) is 4. The fourth-order valence-corrected chi connectivity index (χ4v) is 3.35. The average molecular weight is 379 g/mol. The van der Waals surface area contributed by atoms with E-state index < -0.39 is 0 Å². The Bertz CT molecular complexity index is 1020. The number of pyridine rings is 2. The van der Waals surface area contributed by atoms with Gasteiger partial charge in [-0.05, 0) is 54.3 Å². The first-order valence-corrected chi connectivity index (χ1v) is 9.42. The van der Waals surface area contributed by atoms with Crippen molar-refractivity contribution in [3.63, 3.8) is 0 Å². The maximum absolute atomic E-state index is 12.9. The highest BCUT2D eigenvalue weighted by atomic mass is 19.1. The summed E-state index contributed by atoms with van der Waals surface area (Å²) in [6, 6.07) is 12.7. The Kier molecular flexibility index (Phi) is 5.48. The molecule has 144 valence electrons. The third kappa shape index (κ3) is 4.46. The van der Waals surface area contributed by atoms with Crippen LogP contribution in [0, 0.1) is 5.82 Å². The number of aromatic nitrogens is 2. The molecule has 0 fully saturated rings. The summed E-state index contributed by atoms with van der Waals surface area (Å²) in [6.07, 6.45) is 4.75. The third-order valence-corrected chi connectivity index (χ3v) is 4.94. The smallest absolute Gasteiger partial charge is 0.254 e. The molecule has 2 aromatic heterocycles. The zero-order valence-electron chi connectivity index (χ0n) is 15.5. The molecule has 1 N–H and O–H groups in total. The lowest BCUT2D eigenvalue weighted by molar-refractivity contribution is 0.299. The van der Waals surface area contributed by atoms with Crippen molar-refractivity contribution in [2.24, 2.45) is 0 Å². The second kappa shape index (κ2) is 8.35. The summed E-state index contributed by atoms with van der Waals surface area (Å²) >= 11 is 0. The van der Waals surface area contributed by atoms with Crippen molar-refractivity contribution in [2.75, 3.05) is 6.54 Å². The molecular formula is C22H22FN3O2. The van der Waals surface area contributed by atoms with Crippen molar-refractivity contribution in [1.82, 2.24) is 14.9 Å². The number of halogens is 1. The van der Waals surface area contributed by atoms with Crippen molar-refractivity contribution in [3.8, 4) is 5.75 Å². The van der Waals surface area contributed by atoms with Crippen LogP contribution in [0.25, 0.3) is 0 Å². The summed E-state index contributed by atoms with van der Waals surface area (Å²) < 4.78 is 20.1. The molecule has 28 heavy (non-hydrogen) atoms. The second-order valence-corrected chi connectivity index (χ2v) is 6.93. The van der Waals surface area contributed by atoms with Crippen molar-refractivity contribution in [2.45, 2.75) is 32.5 Å². The fraction of sp³-hybridized carbons (Fsp3) is 0.273. The van der Waals surface area contributed by atoms with Crippen LogP contribution in [0.15, 0.2) is 59.7 Å². The molecule has 0 atom stereocenters. The second-order valence-electron chi connectivity index (χ2n) is 6.93. The minimum absolute atomic E-state index is 0.105.